The number of rotatable bonds is 6. The number of benzene rings is 2. The van der Waals surface area contributed by atoms with Gasteiger partial charge < -0.3 is 20.4 Å². The van der Waals surface area contributed by atoms with Gasteiger partial charge in [-0.05, 0) is 48.2 Å². The molecule has 1 aromatic heterocycles. The fourth-order valence-corrected chi connectivity index (χ4v) is 3.11. The van der Waals surface area contributed by atoms with E-state index < -0.39 is 0 Å². The predicted molar refractivity (Wildman–Crippen MR) is 108 cm³/mol. The van der Waals surface area contributed by atoms with E-state index in [4.69, 9.17) is 4.74 Å². The van der Waals surface area contributed by atoms with Gasteiger partial charge in [-0.25, -0.2) is 0 Å². The SMILES string of the molecule is CN=C(NCCc1c[nH]c2cccc(C)c12)NCc1ccc(OC)cc1. The van der Waals surface area contributed by atoms with E-state index in [2.05, 4.69) is 51.9 Å². The summed E-state index contributed by atoms with van der Waals surface area (Å²) in [4.78, 5) is 7.65. The molecular formula is C21H26N4O. The van der Waals surface area contributed by atoms with Gasteiger partial charge in [0.25, 0.3) is 0 Å². The van der Waals surface area contributed by atoms with Crippen molar-refractivity contribution in [3.63, 3.8) is 0 Å². The second kappa shape index (κ2) is 8.43. The van der Waals surface area contributed by atoms with Gasteiger partial charge in [0, 0.05) is 37.2 Å². The van der Waals surface area contributed by atoms with Crippen LogP contribution in [0.3, 0.4) is 0 Å². The standard InChI is InChI=1S/C21H26N4O/c1-15-5-4-6-19-20(15)17(14-24-19)11-12-23-21(22-2)25-13-16-7-9-18(26-3)10-8-16/h4-10,14,24H,11-13H2,1-3H3,(H2,22,23,25). The fourth-order valence-electron chi connectivity index (χ4n) is 3.11. The Labute approximate surface area is 154 Å². The number of hydrogen-bond donors (Lipinski definition) is 3. The zero-order chi connectivity index (χ0) is 18.4. The maximum atomic E-state index is 5.18. The highest BCUT2D eigenvalue weighted by Crippen LogP contribution is 2.22. The van der Waals surface area contributed by atoms with E-state index in [1.165, 1.54) is 27.6 Å². The number of fused-ring (bicyclic) bond motifs is 1. The van der Waals surface area contributed by atoms with Crippen LogP contribution in [0.1, 0.15) is 16.7 Å². The van der Waals surface area contributed by atoms with E-state index >= 15 is 0 Å². The number of methoxy groups -OCH3 is 1. The van der Waals surface area contributed by atoms with Gasteiger partial charge in [0.1, 0.15) is 5.75 Å². The minimum Gasteiger partial charge on any atom is -0.497 e. The second-order valence-electron chi connectivity index (χ2n) is 6.26. The third-order valence-corrected chi connectivity index (χ3v) is 4.53. The van der Waals surface area contributed by atoms with Gasteiger partial charge in [0.05, 0.1) is 7.11 Å². The van der Waals surface area contributed by atoms with Crippen LogP contribution < -0.4 is 15.4 Å². The lowest BCUT2D eigenvalue weighted by atomic mass is 10.1. The molecule has 0 aliphatic carbocycles. The molecule has 1 heterocycles. The quantitative estimate of drug-likeness (QED) is 0.472. The van der Waals surface area contributed by atoms with Crippen molar-refractivity contribution < 1.29 is 4.74 Å². The smallest absolute Gasteiger partial charge is 0.191 e. The maximum absolute atomic E-state index is 5.18. The number of guanidine groups is 1. The molecule has 0 saturated carbocycles. The molecule has 3 rings (SSSR count). The van der Waals surface area contributed by atoms with Crippen LogP contribution >= 0.6 is 0 Å². The normalized spacial score (nSPS) is 11.6. The van der Waals surface area contributed by atoms with Gasteiger partial charge in [-0.15, -0.1) is 0 Å². The van der Waals surface area contributed by atoms with Gasteiger partial charge in [-0.3, -0.25) is 4.99 Å². The molecule has 5 nitrogen and oxygen atoms in total. The van der Waals surface area contributed by atoms with Crippen LogP contribution in [0.2, 0.25) is 0 Å². The summed E-state index contributed by atoms with van der Waals surface area (Å²) in [6, 6.07) is 14.4. The van der Waals surface area contributed by atoms with Crippen LogP contribution in [-0.4, -0.2) is 31.6 Å². The first kappa shape index (κ1) is 17.9. The van der Waals surface area contributed by atoms with E-state index in [9.17, 15) is 0 Å². The van der Waals surface area contributed by atoms with Crippen molar-refractivity contribution in [3.8, 4) is 5.75 Å². The Morgan fingerprint density at radius 3 is 2.65 bits per heavy atom. The molecular weight excluding hydrogens is 324 g/mol. The van der Waals surface area contributed by atoms with E-state index in [0.29, 0.717) is 0 Å². The molecule has 26 heavy (non-hydrogen) atoms. The van der Waals surface area contributed by atoms with Crippen LogP contribution in [0.4, 0.5) is 0 Å². The Kier molecular flexibility index (Phi) is 5.79. The molecule has 0 unspecified atom stereocenters. The molecule has 3 aromatic rings. The zero-order valence-corrected chi connectivity index (χ0v) is 15.6. The van der Waals surface area contributed by atoms with E-state index in [0.717, 1.165) is 31.2 Å². The second-order valence-corrected chi connectivity index (χ2v) is 6.26. The Morgan fingerprint density at radius 1 is 1.12 bits per heavy atom. The largest absolute Gasteiger partial charge is 0.497 e. The van der Waals surface area contributed by atoms with Crippen LogP contribution in [-0.2, 0) is 13.0 Å². The summed E-state index contributed by atoms with van der Waals surface area (Å²) in [6.07, 6.45) is 3.04. The molecule has 0 saturated heterocycles. The molecule has 0 fully saturated rings. The van der Waals surface area contributed by atoms with Crippen LogP contribution in [0.5, 0.6) is 5.75 Å². The number of H-pyrrole nitrogens is 1. The van der Waals surface area contributed by atoms with Crippen molar-refractivity contribution in [1.82, 2.24) is 15.6 Å². The molecule has 2 aromatic carbocycles. The van der Waals surface area contributed by atoms with E-state index in [-0.39, 0.29) is 0 Å². The molecule has 0 atom stereocenters. The summed E-state index contributed by atoms with van der Waals surface area (Å²) in [5.41, 5.74) is 5.01. The van der Waals surface area contributed by atoms with Crippen LogP contribution in [0.15, 0.2) is 53.7 Å². The average Bonchev–Trinajstić information content (AvgIpc) is 3.09. The number of aliphatic imine (C=N–C) groups is 1. The van der Waals surface area contributed by atoms with Gasteiger partial charge in [-0.2, -0.15) is 0 Å². The molecule has 0 radical (unpaired) electrons. The number of aryl methyl sites for hydroxylation is 1. The lowest BCUT2D eigenvalue weighted by molar-refractivity contribution is 0.414. The summed E-state index contributed by atoms with van der Waals surface area (Å²) in [7, 11) is 3.47. The minimum absolute atomic E-state index is 0.718. The highest BCUT2D eigenvalue weighted by atomic mass is 16.5. The van der Waals surface area contributed by atoms with Crippen molar-refractivity contribution in [2.45, 2.75) is 19.9 Å². The molecule has 0 spiro atoms. The van der Waals surface area contributed by atoms with Crippen molar-refractivity contribution in [2.75, 3.05) is 20.7 Å². The first-order valence-electron chi connectivity index (χ1n) is 8.84. The first-order chi connectivity index (χ1) is 12.7. The lowest BCUT2D eigenvalue weighted by Gasteiger charge is -2.12. The van der Waals surface area contributed by atoms with Crippen molar-refractivity contribution >= 4 is 16.9 Å². The molecule has 5 heteroatoms. The Balaban J connectivity index is 1.52. The van der Waals surface area contributed by atoms with Crippen molar-refractivity contribution in [3.05, 3.63) is 65.4 Å². The van der Waals surface area contributed by atoms with Crippen LogP contribution in [0.25, 0.3) is 10.9 Å². The monoisotopic (exact) mass is 350 g/mol. The average molecular weight is 350 g/mol. The van der Waals surface area contributed by atoms with Crippen molar-refractivity contribution in [2.24, 2.45) is 4.99 Å². The summed E-state index contributed by atoms with van der Waals surface area (Å²) in [6.45, 7) is 3.70. The molecule has 0 bridgehead atoms. The van der Waals surface area contributed by atoms with Gasteiger partial charge in [-0.1, -0.05) is 24.3 Å². The zero-order valence-electron chi connectivity index (χ0n) is 15.6. The number of ether oxygens (including phenoxy) is 1. The van der Waals surface area contributed by atoms with Gasteiger partial charge in [0.15, 0.2) is 5.96 Å². The number of nitrogens with zero attached hydrogens (tertiary/aromatic N) is 1. The topological polar surface area (TPSA) is 61.4 Å². The molecule has 0 aliphatic rings. The highest BCUT2D eigenvalue weighted by molar-refractivity contribution is 5.86. The van der Waals surface area contributed by atoms with E-state index in [1.807, 2.05) is 24.3 Å². The summed E-state index contributed by atoms with van der Waals surface area (Å²) >= 11 is 0. The Hall–Kier alpha value is -2.95. The van der Waals surface area contributed by atoms with Crippen LogP contribution in [0, 0.1) is 6.92 Å². The van der Waals surface area contributed by atoms with Gasteiger partial charge in [0.2, 0.25) is 0 Å². The number of aromatic nitrogens is 1. The molecule has 136 valence electrons. The summed E-state index contributed by atoms with van der Waals surface area (Å²) < 4.78 is 5.18. The molecule has 3 N–H and O–H groups in total. The predicted octanol–water partition coefficient (Wildman–Crippen LogP) is 3.39. The first-order valence-corrected chi connectivity index (χ1v) is 8.84. The Bertz CT molecular complexity index is 881. The van der Waals surface area contributed by atoms with Crippen molar-refractivity contribution in [1.29, 1.82) is 0 Å². The number of aromatic amines is 1. The number of nitrogens with one attached hydrogen (secondary N) is 3. The summed E-state index contributed by atoms with van der Waals surface area (Å²) in [5, 5.41) is 8.06. The molecule has 0 amide bonds. The molecule has 0 aliphatic heterocycles. The highest BCUT2D eigenvalue weighted by Gasteiger charge is 2.06. The minimum atomic E-state index is 0.718. The van der Waals surface area contributed by atoms with Gasteiger partial charge >= 0.3 is 0 Å². The summed E-state index contributed by atoms with van der Waals surface area (Å²) in [5.74, 6) is 1.67. The third kappa shape index (κ3) is 4.17. The third-order valence-electron chi connectivity index (χ3n) is 4.53. The maximum Gasteiger partial charge on any atom is 0.191 e. The van der Waals surface area contributed by atoms with E-state index in [1.54, 1.807) is 14.2 Å². The fraction of sp³-hybridized carbons (Fsp3) is 0.286. The Morgan fingerprint density at radius 2 is 1.92 bits per heavy atom. The number of hydrogen-bond acceptors (Lipinski definition) is 2. The lowest BCUT2D eigenvalue weighted by Crippen LogP contribution is -2.37.